The number of ketones is 1. The summed E-state index contributed by atoms with van der Waals surface area (Å²) in [5, 5.41) is 3.59. The highest BCUT2D eigenvalue weighted by atomic mass is 35.5. The minimum absolute atomic E-state index is 0.0101. The Hall–Kier alpha value is -1.87. The van der Waals surface area contributed by atoms with Gasteiger partial charge in [0, 0.05) is 35.2 Å². The van der Waals surface area contributed by atoms with Gasteiger partial charge < -0.3 is 5.32 Å². The molecular formula is C17H15ClFNO. The van der Waals surface area contributed by atoms with Crippen molar-refractivity contribution < 1.29 is 9.18 Å². The zero-order chi connectivity index (χ0) is 14.8. The summed E-state index contributed by atoms with van der Waals surface area (Å²) in [5.74, 6) is -0.604. The number of hydrogen-bond acceptors (Lipinski definition) is 2. The van der Waals surface area contributed by atoms with Crippen LogP contribution in [0, 0.1) is 5.82 Å². The number of para-hydroxylation sites is 1. The Bertz CT molecular complexity index is 666. The highest BCUT2D eigenvalue weighted by Gasteiger charge is 2.27. The van der Waals surface area contributed by atoms with E-state index < -0.39 is 5.82 Å². The molecule has 1 unspecified atom stereocenters. The molecule has 0 spiro atoms. The van der Waals surface area contributed by atoms with Gasteiger partial charge >= 0.3 is 0 Å². The number of rotatable bonds is 3. The molecule has 0 saturated heterocycles. The Morgan fingerprint density at radius 2 is 2.05 bits per heavy atom. The van der Waals surface area contributed by atoms with Crippen LogP contribution in [0.3, 0.4) is 0 Å². The average molecular weight is 304 g/mol. The van der Waals surface area contributed by atoms with Crippen LogP contribution in [0.25, 0.3) is 0 Å². The van der Waals surface area contributed by atoms with Crippen LogP contribution >= 0.6 is 11.6 Å². The molecule has 1 aliphatic rings. The summed E-state index contributed by atoms with van der Waals surface area (Å²) in [4.78, 5) is 12.6. The summed E-state index contributed by atoms with van der Waals surface area (Å²) in [6.07, 6.45) is 0.756. The number of benzene rings is 2. The second-order valence-corrected chi connectivity index (χ2v) is 5.61. The number of anilines is 1. The van der Waals surface area contributed by atoms with E-state index >= 15 is 0 Å². The second kappa shape index (κ2) is 5.86. The first-order valence-corrected chi connectivity index (χ1v) is 7.33. The van der Waals surface area contributed by atoms with Gasteiger partial charge in [-0.1, -0.05) is 35.9 Å². The molecule has 0 radical (unpaired) electrons. The maximum absolute atomic E-state index is 13.8. The van der Waals surface area contributed by atoms with Crippen molar-refractivity contribution in [2.75, 3.05) is 11.9 Å². The first-order chi connectivity index (χ1) is 10.2. The van der Waals surface area contributed by atoms with E-state index in [1.165, 1.54) is 6.07 Å². The van der Waals surface area contributed by atoms with E-state index in [1.54, 1.807) is 12.1 Å². The van der Waals surface area contributed by atoms with Crippen LogP contribution in [0.15, 0.2) is 42.5 Å². The summed E-state index contributed by atoms with van der Waals surface area (Å²) in [6.45, 7) is 0.748. The molecule has 1 aliphatic heterocycles. The van der Waals surface area contributed by atoms with Crippen molar-refractivity contribution in [2.24, 2.45) is 0 Å². The van der Waals surface area contributed by atoms with Gasteiger partial charge in [-0.05, 0) is 30.2 Å². The van der Waals surface area contributed by atoms with Gasteiger partial charge in [0.1, 0.15) is 11.6 Å². The standard InChI is InChI=1S/C17H15ClFNO/c18-14-5-3-6-15(19)13(14)10-17(21)12-8-9-20-16-7-2-1-4-11(12)16/h1-7,12,20H,8-10H2. The summed E-state index contributed by atoms with van der Waals surface area (Å²) in [6, 6.07) is 12.3. The molecule has 2 aromatic rings. The van der Waals surface area contributed by atoms with Gasteiger partial charge in [0.2, 0.25) is 0 Å². The summed E-state index contributed by atoms with van der Waals surface area (Å²) in [5.41, 5.74) is 2.27. The number of carbonyl (C=O) groups excluding carboxylic acids is 1. The molecule has 0 aromatic heterocycles. The van der Waals surface area contributed by atoms with Gasteiger partial charge in [-0.25, -0.2) is 4.39 Å². The number of nitrogens with one attached hydrogen (secondary N) is 1. The van der Waals surface area contributed by atoms with E-state index in [4.69, 9.17) is 11.6 Å². The molecule has 1 atom stereocenters. The predicted octanol–water partition coefficient (Wildman–Crippen LogP) is 4.19. The molecule has 0 amide bonds. The van der Waals surface area contributed by atoms with Crippen LogP contribution in [0.4, 0.5) is 10.1 Å². The van der Waals surface area contributed by atoms with Crippen LogP contribution in [-0.2, 0) is 11.2 Å². The zero-order valence-electron chi connectivity index (χ0n) is 11.4. The Kier molecular flexibility index (Phi) is 3.93. The fourth-order valence-corrected chi connectivity index (χ4v) is 3.03. The third kappa shape index (κ3) is 2.79. The lowest BCUT2D eigenvalue weighted by atomic mass is 9.85. The highest BCUT2D eigenvalue weighted by Crippen LogP contribution is 2.33. The molecule has 0 aliphatic carbocycles. The highest BCUT2D eigenvalue weighted by molar-refractivity contribution is 6.31. The quantitative estimate of drug-likeness (QED) is 0.921. The fourth-order valence-electron chi connectivity index (χ4n) is 2.80. The third-order valence-electron chi connectivity index (χ3n) is 3.89. The molecule has 1 N–H and O–H groups in total. The zero-order valence-corrected chi connectivity index (χ0v) is 12.2. The molecule has 0 fully saturated rings. The van der Waals surface area contributed by atoms with Crippen molar-refractivity contribution in [3.05, 3.63) is 64.4 Å². The average Bonchev–Trinajstić information content (AvgIpc) is 2.50. The lowest BCUT2D eigenvalue weighted by Gasteiger charge is -2.25. The lowest BCUT2D eigenvalue weighted by Crippen LogP contribution is -2.24. The van der Waals surface area contributed by atoms with Gasteiger partial charge in [-0.2, -0.15) is 0 Å². The Morgan fingerprint density at radius 1 is 1.24 bits per heavy atom. The second-order valence-electron chi connectivity index (χ2n) is 5.20. The Morgan fingerprint density at radius 3 is 2.86 bits per heavy atom. The SMILES string of the molecule is O=C(Cc1c(F)cccc1Cl)C1CCNc2ccccc21. The normalized spacial score (nSPS) is 17.0. The predicted molar refractivity (Wildman–Crippen MR) is 82.4 cm³/mol. The maximum Gasteiger partial charge on any atom is 0.145 e. The van der Waals surface area contributed by atoms with Crippen molar-refractivity contribution in [3.8, 4) is 0 Å². The van der Waals surface area contributed by atoms with Crippen LogP contribution in [-0.4, -0.2) is 12.3 Å². The van der Waals surface area contributed by atoms with E-state index in [0.29, 0.717) is 10.6 Å². The summed E-state index contributed by atoms with van der Waals surface area (Å²) in [7, 11) is 0. The van der Waals surface area contributed by atoms with Crippen molar-refractivity contribution in [1.82, 2.24) is 0 Å². The smallest absolute Gasteiger partial charge is 0.145 e. The topological polar surface area (TPSA) is 29.1 Å². The number of halogens is 2. The molecule has 1 heterocycles. The lowest BCUT2D eigenvalue weighted by molar-refractivity contribution is -0.120. The summed E-state index contributed by atoms with van der Waals surface area (Å²) < 4.78 is 13.8. The monoisotopic (exact) mass is 303 g/mol. The van der Waals surface area contributed by atoms with Crippen LogP contribution in [0.5, 0.6) is 0 Å². The Balaban J connectivity index is 1.87. The van der Waals surface area contributed by atoms with Gasteiger partial charge in [0.25, 0.3) is 0 Å². The van der Waals surface area contributed by atoms with Gasteiger partial charge in [0.05, 0.1) is 0 Å². The largest absolute Gasteiger partial charge is 0.385 e. The molecule has 108 valence electrons. The molecule has 0 bridgehead atoms. The maximum atomic E-state index is 13.8. The van der Waals surface area contributed by atoms with E-state index in [-0.39, 0.29) is 18.1 Å². The third-order valence-corrected chi connectivity index (χ3v) is 4.24. The van der Waals surface area contributed by atoms with Gasteiger partial charge in [-0.15, -0.1) is 0 Å². The minimum atomic E-state index is -0.418. The molecule has 0 saturated carbocycles. The van der Waals surface area contributed by atoms with Gasteiger partial charge in [0.15, 0.2) is 0 Å². The minimum Gasteiger partial charge on any atom is -0.385 e. The number of hydrogen-bond donors (Lipinski definition) is 1. The molecule has 21 heavy (non-hydrogen) atoms. The van der Waals surface area contributed by atoms with Crippen LogP contribution in [0.1, 0.15) is 23.5 Å². The van der Waals surface area contributed by atoms with Crippen molar-refractivity contribution in [3.63, 3.8) is 0 Å². The molecule has 3 rings (SSSR count). The van der Waals surface area contributed by atoms with E-state index in [2.05, 4.69) is 5.32 Å². The van der Waals surface area contributed by atoms with Crippen molar-refractivity contribution >= 4 is 23.1 Å². The van der Waals surface area contributed by atoms with E-state index in [0.717, 1.165) is 24.2 Å². The summed E-state index contributed by atoms with van der Waals surface area (Å²) >= 11 is 6.01. The number of fused-ring (bicyclic) bond motifs is 1. The van der Waals surface area contributed by atoms with Crippen molar-refractivity contribution in [2.45, 2.75) is 18.8 Å². The molecule has 2 nitrogen and oxygen atoms in total. The number of Topliss-reactive ketones (excluding diaryl/α,β-unsaturated/α-hetero) is 1. The number of carbonyl (C=O) groups is 1. The molecular weight excluding hydrogens is 289 g/mol. The van der Waals surface area contributed by atoms with E-state index in [1.807, 2.05) is 24.3 Å². The van der Waals surface area contributed by atoms with Crippen molar-refractivity contribution in [1.29, 1.82) is 0 Å². The molecule has 2 aromatic carbocycles. The Labute approximate surface area is 127 Å². The molecule has 4 heteroatoms. The first kappa shape index (κ1) is 14.1. The van der Waals surface area contributed by atoms with E-state index in [9.17, 15) is 9.18 Å². The first-order valence-electron chi connectivity index (χ1n) is 6.95. The van der Waals surface area contributed by atoms with Gasteiger partial charge in [-0.3, -0.25) is 4.79 Å². The van der Waals surface area contributed by atoms with Crippen LogP contribution in [0.2, 0.25) is 5.02 Å². The van der Waals surface area contributed by atoms with Crippen LogP contribution < -0.4 is 5.32 Å². The fraction of sp³-hybridized carbons (Fsp3) is 0.235.